The third-order valence-corrected chi connectivity index (χ3v) is 5.04. The van der Waals surface area contributed by atoms with E-state index in [9.17, 15) is 14.3 Å². The van der Waals surface area contributed by atoms with E-state index in [1.165, 1.54) is 6.07 Å². The van der Waals surface area contributed by atoms with Crippen LogP contribution in [0, 0.1) is 5.82 Å². The van der Waals surface area contributed by atoms with Gasteiger partial charge in [0, 0.05) is 43.0 Å². The quantitative estimate of drug-likeness (QED) is 0.725. The number of piperidine rings is 1. The van der Waals surface area contributed by atoms with Crippen molar-refractivity contribution in [2.45, 2.75) is 25.1 Å². The Bertz CT molecular complexity index is 983. The number of carbonyl (C=O) groups is 1. The lowest BCUT2D eigenvalue weighted by Crippen LogP contribution is -2.53. The van der Waals surface area contributed by atoms with Gasteiger partial charge in [0.05, 0.1) is 17.8 Å². The summed E-state index contributed by atoms with van der Waals surface area (Å²) in [6.45, 7) is 1.64. The Labute approximate surface area is 162 Å². The molecule has 2 N–H and O–H groups in total. The Morgan fingerprint density at radius 3 is 2.82 bits per heavy atom. The van der Waals surface area contributed by atoms with Gasteiger partial charge in [0.25, 0.3) is 5.91 Å². The maximum atomic E-state index is 14.0. The van der Waals surface area contributed by atoms with Gasteiger partial charge in [0.1, 0.15) is 11.3 Å². The molecule has 1 amide bonds. The molecule has 0 spiro atoms. The summed E-state index contributed by atoms with van der Waals surface area (Å²) in [6.07, 6.45) is 3.07. The topological polar surface area (TPSA) is 78.4 Å². The number of rotatable bonds is 4. The van der Waals surface area contributed by atoms with E-state index in [1.54, 1.807) is 30.6 Å². The monoisotopic (exact) mass is 380 g/mol. The first-order valence-electron chi connectivity index (χ1n) is 9.25. The van der Waals surface area contributed by atoms with E-state index in [-0.39, 0.29) is 17.8 Å². The van der Waals surface area contributed by atoms with Crippen LogP contribution in [-0.4, -0.2) is 51.1 Å². The third kappa shape index (κ3) is 4.00. The molecule has 3 aromatic rings. The van der Waals surface area contributed by atoms with Crippen LogP contribution >= 0.6 is 0 Å². The molecule has 144 valence electrons. The number of aliphatic hydroxyl groups is 1. The number of aliphatic hydroxyl groups excluding tert-OH is 1. The van der Waals surface area contributed by atoms with Gasteiger partial charge in [-0.1, -0.05) is 18.2 Å². The van der Waals surface area contributed by atoms with Crippen molar-refractivity contribution in [1.29, 1.82) is 0 Å². The largest absolute Gasteiger partial charge is 0.390 e. The van der Waals surface area contributed by atoms with Crippen molar-refractivity contribution >= 4 is 16.8 Å². The highest BCUT2D eigenvalue weighted by Gasteiger charge is 2.29. The van der Waals surface area contributed by atoms with E-state index in [4.69, 9.17) is 0 Å². The highest BCUT2D eigenvalue weighted by atomic mass is 19.1. The number of hydrogen-bond acceptors (Lipinski definition) is 5. The molecule has 3 heterocycles. The minimum atomic E-state index is -0.684. The zero-order valence-electron chi connectivity index (χ0n) is 15.3. The number of pyridine rings is 2. The number of aromatic nitrogens is 2. The first kappa shape index (κ1) is 18.5. The highest BCUT2D eigenvalue weighted by molar-refractivity contribution is 5.94. The highest BCUT2D eigenvalue weighted by Crippen LogP contribution is 2.19. The molecule has 4 rings (SSSR count). The molecule has 1 fully saturated rings. The van der Waals surface area contributed by atoms with Crippen LogP contribution in [0.5, 0.6) is 0 Å². The number of fused-ring (bicyclic) bond motifs is 1. The second-order valence-corrected chi connectivity index (χ2v) is 7.02. The van der Waals surface area contributed by atoms with Crippen LogP contribution in [0.1, 0.15) is 22.5 Å². The summed E-state index contributed by atoms with van der Waals surface area (Å²) < 4.78 is 14.0. The van der Waals surface area contributed by atoms with Crippen LogP contribution in [0.4, 0.5) is 4.39 Å². The van der Waals surface area contributed by atoms with E-state index >= 15 is 0 Å². The summed E-state index contributed by atoms with van der Waals surface area (Å²) >= 11 is 0. The molecular weight excluding hydrogens is 359 g/mol. The van der Waals surface area contributed by atoms with Gasteiger partial charge in [0.15, 0.2) is 0 Å². The van der Waals surface area contributed by atoms with Crippen LogP contribution in [0.3, 0.4) is 0 Å². The van der Waals surface area contributed by atoms with Gasteiger partial charge in [-0.15, -0.1) is 0 Å². The summed E-state index contributed by atoms with van der Waals surface area (Å²) in [4.78, 5) is 22.7. The fraction of sp³-hybridized carbons (Fsp3) is 0.286. The molecule has 1 aliphatic rings. The van der Waals surface area contributed by atoms with Gasteiger partial charge >= 0.3 is 0 Å². The Balaban J connectivity index is 1.38. The fourth-order valence-corrected chi connectivity index (χ4v) is 3.53. The smallest absolute Gasteiger partial charge is 0.251 e. The summed E-state index contributed by atoms with van der Waals surface area (Å²) in [6, 6.07) is 11.6. The number of para-hydroxylation sites is 1. The van der Waals surface area contributed by atoms with Crippen molar-refractivity contribution in [2.75, 3.05) is 13.1 Å². The zero-order chi connectivity index (χ0) is 19.5. The number of benzene rings is 1. The van der Waals surface area contributed by atoms with E-state index in [0.717, 1.165) is 11.1 Å². The number of amides is 1. The normalized spacial score (nSPS) is 20.2. The predicted molar refractivity (Wildman–Crippen MR) is 103 cm³/mol. The third-order valence-electron chi connectivity index (χ3n) is 5.04. The number of β-amino-alcohol motifs (C(OH)–C–C–N with tert-alkyl or cyclic N) is 1. The van der Waals surface area contributed by atoms with Crippen LogP contribution in [-0.2, 0) is 6.54 Å². The summed E-state index contributed by atoms with van der Waals surface area (Å²) in [7, 11) is 0. The molecule has 7 heteroatoms. The van der Waals surface area contributed by atoms with Crippen molar-refractivity contribution in [3.63, 3.8) is 0 Å². The van der Waals surface area contributed by atoms with Crippen LogP contribution < -0.4 is 5.32 Å². The summed E-state index contributed by atoms with van der Waals surface area (Å²) in [5.74, 6) is -0.552. The average Bonchev–Trinajstić information content (AvgIpc) is 2.71. The number of halogens is 1. The van der Waals surface area contributed by atoms with Crippen molar-refractivity contribution in [3.05, 3.63) is 71.9 Å². The van der Waals surface area contributed by atoms with Crippen LogP contribution in [0.15, 0.2) is 54.9 Å². The Kier molecular flexibility index (Phi) is 5.27. The first-order chi connectivity index (χ1) is 13.6. The van der Waals surface area contributed by atoms with Gasteiger partial charge in [-0.2, -0.15) is 0 Å². The van der Waals surface area contributed by atoms with E-state index in [0.29, 0.717) is 37.1 Å². The molecule has 1 aromatic carbocycles. The molecule has 1 saturated heterocycles. The van der Waals surface area contributed by atoms with Crippen molar-refractivity contribution in [3.8, 4) is 0 Å². The molecule has 1 aliphatic heterocycles. The Hall–Kier alpha value is -2.90. The van der Waals surface area contributed by atoms with Gasteiger partial charge in [-0.05, 0) is 30.7 Å². The maximum Gasteiger partial charge on any atom is 0.251 e. The first-order valence-corrected chi connectivity index (χ1v) is 9.25. The zero-order valence-corrected chi connectivity index (χ0v) is 15.3. The lowest BCUT2D eigenvalue weighted by atomic mass is 10.0. The standard InChI is InChI=1S/C21H21FN4O2/c22-17-3-1-2-14-4-5-16(24-20(14)17)12-26-11-8-18(19(27)13-26)25-21(28)15-6-9-23-10-7-15/h1-7,9-10,18-19,27H,8,11-13H2,(H,25,28)/t18-,19-/m0/s1. The molecule has 2 atom stereocenters. The minimum Gasteiger partial charge on any atom is -0.390 e. The SMILES string of the molecule is O=C(N[C@H]1CCN(Cc2ccc3cccc(F)c3n2)C[C@@H]1O)c1ccncc1. The summed E-state index contributed by atoms with van der Waals surface area (Å²) in [5.41, 5.74) is 1.64. The number of likely N-dealkylation sites (tertiary alicyclic amines) is 1. The average molecular weight is 380 g/mol. The fourth-order valence-electron chi connectivity index (χ4n) is 3.53. The molecular formula is C21H21FN4O2. The molecule has 0 bridgehead atoms. The predicted octanol–water partition coefficient (Wildman–Crippen LogP) is 2.13. The number of carbonyl (C=O) groups excluding carboxylic acids is 1. The Morgan fingerprint density at radius 2 is 2.04 bits per heavy atom. The summed E-state index contributed by atoms with van der Waals surface area (Å²) in [5, 5.41) is 14.1. The number of nitrogens with one attached hydrogen (secondary N) is 1. The second-order valence-electron chi connectivity index (χ2n) is 7.02. The van der Waals surface area contributed by atoms with E-state index in [1.807, 2.05) is 18.2 Å². The van der Waals surface area contributed by atoms with Crippen LogP contribution in [0.2, 0.25) is 0 Å². The molecule has 0 unspecified atom stereocenters. The molecule has 0 aliphatic carbocycles. The second kappa shape index (κ2) is 8.00. The maximum absolute atomic E-state index is 14.0. The van der Waals surface area contributed by atoms with Gasteiger partial charge < -0.3 is 10.4 Å². The number of hydrogen-bond donors (Lipinski definition) is 2. The van der Waals surface area contributed by atoms with Crippen LogP contribution in [0.25, 0.3) is 10.9 Å². The lowest BCUT2D eigenvalue weighted by molar-refractivity contribution is 0.0345. The minimum absolute atomic E-state index is 0.216. The molecule has 0 saturated carbocycles. The molecule has 28 heavy (non-hydrogen) atoms. The van der Waals surface area contributed by atoms with Gasteiger partial charge in [0.2, 0.25) is 0 Å². The number of nitrogens with zero attached hydrogens (tertiary/aromatic N) is 3. The van der Waals surface area contributed by atoms with E-state index < -0.39 is 6.10 Å². The lowest BCUT2D eigenvalue weighted by Gasteiger charge is -2.36. The molecule has 2 aromatic heterocycles. The van der Waals surface area contributed by atoms with Crippen molar-refractivity contribution in [2.24, 2.45) is 0 Å². The van der Waals surface area contributed by atoms with Crippen molar-refractivity contribution in [1.82, 2.24) is 20.2 Å². The Morgan fingerprint density at radius 1 is 1.21 bits per heavy atom. The van der Waals surface area contributed by atoms with E-state index in [2.05, 4.69) is 20.2 Å². The van der Waals surface area contributed by atoms with Crippen molar-refractivity contribution < 1.29 is 14.3 Å². The van der Waals surface area contributed by atoms with Gasteiger partial charge in [-0.3, -0.25) is 14.7 Å². The van der Waals surface area contributed by atoms with Gasteiger partial charge in [-0.25, -0.2) is 9.37 Å². The molecule has 6 nitrogen and oxygen atoms in total. The molecule has 0 radical (unpaired) electrons.